The lowest BCUT2D eigenvalue weighted by Gasteiger charge is -2.05. The van der Waals surface area contributed by atoms with E-state index in [1.807, 2.05) is 23.7 Å². The lowest BCUT2D eigenvalue weighted by molar-refractivity contribution is 0.658. The average molecular weight is 314 g/mol. The zero-order valence-corrected chi connectivity index (χ0v) is 12.2. The van der Waals surface area contributed by atoms with Crippen molar-refractivity contribution in [3.05, 3.63) is 51.3 Å². The Morgan fingerprint density at radius 2 is 2.12 bits per heavy atom. The molecule has 17 heavy (non-hydrogen) atoms. The van der Waals surface area contributed by atoms with Crippen molar-refractivity contribution in [2.75, 3.05) is 0 Å². The first-order valence-corrected chi connectivity index (χ1v) is 6.78. The van der Waals surface area contributed by atoms with E-state index in [1.54, 1.807) is 0 Å². The molecule has 1 aromatic heterocycles. The molecule has 0 spiro atoms. The van der Waals surface area contributed by atoms with Crippen LogP contribution in [0, 0.1) is 13.8 Å². The molecule has 4 heteroatoms. The quantitative estimate of drug-likeness (QED) is 0.782. The van der Waals surface area contributed by atoms with Crippen LogP contribution in [-0.2, 0) is 12.4 Å². The van der Waals surface area contributed by atoms with Crippen LogP contribution in [0.25, 0.3) is 0 Å². The van der Waals surface area contributed by atoms with Crippen molar-refractivity contribution in [3.63, 3.8) is 0 Å². The number of aryl methyl sites for hydroxylation is 1. The minimum Gasteiger partial charge on any atom is -0.265 e. The summed E-state index contributed by atoms with van der Waals surface area (Å²) in [7, 11) is 0. The van der Waals surface area contributed by atoms with Gasteiger partial charge in [-0.1, -0.05) is 28.1 Å². The van der Waals surface area contributed by atoms with Crippen molar-refractivity contribution >= 4 is 27.5 Å². The van der Waals surface area contributed by atoms with E-state index in [0.29, 0.717) is 5.88 Å². The highest BCUT2D eigenvalue weighted by Crippen LogP contribution is 2.18. The van der Waals surface area contributed by atoms with Crippen molar-refractivity contribution in [2.45, 2.75) is 26.3 Å². The van der Waals surface area contributed by atoms with Crippen LogP contribution in [0.3, 0.4) is 0 Å². The summed E-state index contributed by atoms with van der Waals surface area (Å²) in [5.41, 5.74) is 4.54. The monoisotopic (exact) mass is 312 g/mol. The Kier molecular flexibility index (Phi) is 3.89. The Morgan fingerprint density at radius 3 is 2.71 bits per heavy atom. The van der Waals surface area contributed by atoms with Gasteiger partial charge >= 0.3 is 0 Å². The third kappa shape index (κ3) is 2.72. The molecule has 0 saturated heterocycles. The lowest BCUT2D eigenvalue weighted by atomic mass is 10.2. The summed E-state index contributed by atoms with van der Waals surface area (Å²) in [6.07, 6.45) is 0. The molecule has 0 fully saturated rings. The number of rotatable bonds is 3. The molecule has 2 aromatic rings. The summed E-state index contributed by atoms with van der Waals surface area (Å²) >= 11 is 9.39. The number of benzene rings is 1. The van der Waals surface area contributed by atoms with E-state index in [2.05, 4.69) is 40.1 Å². The van der Waals surface area contributed by atoms with Gasteiger partial charge in [0.15, 0.2) is 0 Å². The van der Waals surface area contributed by atoms with Gasteiger partial charge < -0.3 is 0 Å². The summed E-state index contributed by atoms with van der Waals surface area (Å²) in [6, 6.07) is 8.26. The van der Waals surface area contributed by atoms with Gasteiger partial charge in [0.2, 0.25) is 0 Å². The highest BCUT2D eigenvalue weighted by molar-refractivity contribution is 9.10. The molecule has 0 aliphatic rings. The fourth-order valence-electron chi connectivity index (χ4n) is 1.89. The molecular weight excluding hydrogens is 300 g/mol. The number of nitrogens with zero attached hydrogens (tertiary/aromatic N) is 2. The highest BCUT2D eigenvalue weighted by Gasteiger charge is 2.10. The van der Waals surface area contributed by atoms with Gasteiger partial charge in [0.05, 0.1) is 18.1 Å². The molecule has 0 aliphatic carbocycles. The third-order valence-corrected chi connectivity index (χ3v) is 3.65. The first-order valence-electron chi connectivity index (χ1n) is 5.45. The van der Waals surface area contributed by atoms with E-state index in [-0.39, 0.29) is 0 Å². The molecule has 2 nitrogen and oxygen atoms in total. The van der Waals surface area contributed by atoms with Gasteiger partial charge in [-0.3, -0.25) is 4.68 Å². The number of alkyl halides is 1. The predicted octanol–water partition coefficient (Wildman–Crippen LogP) is 4.05. The maximum Gasteiger partial charge on any atom is 0.0663 e. The normalized spacial score (nSPS) is 10.8. The minimum absolute atomic E-state index is 0.524. The van der Waals surface area contributed by atoms with Crippen molar-refractivity contribution in [1.29, 1.82) is 0 Å². The maximum absolute atomic E-state index is 5.92. The highest BCUT2D eigenvalue weighted by atomic mass is 79.9. The largest absolute Gasteiger partial charge is 0.265 e. The lowest BCUT2D eigenvalue weighted by Crippen LogP contribution is -2.04. The van der Waals surface area contributed by atoms with Crippen LogP contribution >= 0.6 is 27.5 Å². The Labute approximate surface area is 115 Å². The second-order valence-electron chi connectivity index (χ2n) is 4.07. The molecule has 0 radical (unpaired) electrons. The number of aromatic nitrogens is 2. The van der Waals surface area contributed by atoms with Gasteiger partial charge in [0.25, 0.3) is 0 Å². The van der Waals surface area contributed by atoms with Crippen LogP contribution < -0.4 is 0 Å². The second kappa shape index (κ2) is 5.23. The van der Waals surface area contributed by atoms with Crippen LogP contribution in [0.2, 0.25) is 0 Å². The molecule has 2 rings (SSSR count). The number of hydrogen-bond donors (Lipinski definition) is 0. The molecule has 1 aromatic carbocycles. The number of hydrogen-bond acceptors (Lipinski definition) is 1. The van der Waals surface area contributed by atoms with E-state index in [0.717, 1.165) is 28.0 Å². The SMILES string of the molecule is Cc1nn(Cc2cccc(Br)c2)c(C)c1CCl. The fourth-order valence-corrected chi connectivity index (χ4v) is 2.72. The van der Waals surface area contributed by atoms with Gasteiger partial charge in [-0.05, 0) is 31.5 Å². The molecule has 0 amide bonds. The molecule has 0 aliphatic heterocycles. The smallest absolute Gasteiger partial charge is 0.0663 e. The van der Waals surface area contributed by atoms with E-state index < -0.39 is 0 Å². The molecule has 0 N–H and O–H groups in total. The Bertz CT molecular complexity index is 534. The van der Waals surface area contributed by atoms with E-state index in [9.17, 15) is 0 Å². The Morgan fingerprint density at radius 1 is 1.35 bits per heavy atom. The van der Waals surface area contributed by atoms with Gasteiger partial charge in [0, 0.05) is 15.7 Å². The summed E-state index contributed by atoms with van der Waals surface area (Å²) in [4.78, 5) is 0. The molecule has 90 valence electrons. The number of halogens is 2. The average Bonchev–Trinajstić information content (AvgIpc) is 2.54. The molecule has 0 saturated carbocycles. The van der Waals surface area contributed by atoms with Gasteiger partial charge in [0.1, 0.15) is 0 Å². The Hall–Kier alpha value is -0.800. The minimum atomic E-state index is 0.524. The van der Waals surface area contributed by atoms with Crippen molar-refractivity contribution in [1.82, 2.24) is 9.78 Å². The Balaban J connectivity index is 2.30. The molecule has 0 unspecified atom stereocenters. The van der Waals surface area contributed by atoms with Crippen LogP contribution in [0.1, 0.15) is 22.5 Å². The van der Waals surface area contributed by atoms with Crippen molar-refractivity contribution < 1.29 is 0 Å². The van der Waals surface area contributed by atoms with Crippen molar-refractivity contribution in [3.8, 4) is 0 Å². The predicted molar refractivity (Wildman–Crippen MR) is 74.5 cm³/mol. The summed E-state index contributed by atoms with van der Waals surface area (Å²) in [5, 5.41) is 4.52. The fraction of sp³-hybridized carbons (Fsp3) is 0.308. The van der Waals surface area contributed by atoms with Gasteiger partial charge in [-0.15, -0.1) is 11.6 Å². The summed E-state index contributed by atoms with van der Waals surface area (Å²) in [5.74, 6) is 0.524. The first kappa shape index (κ1) is 12.7. The van der Waals surface area contributed by atoms with Crippen LogP contribution in [0.4, 0.5) is 0 Å². The zero-order valence-electron chi connectivity index (χ0n) is 9.87. The first-order chi connectivity index (χ1) is 8.11. The van der Waals surface area contributed by atoms with E-state index in [1.165, 1.54) is 5.56 Å². The van der Waals surface area contributed by atoms with Gasteiger partial charge in [-0.25, -0.2) is 0 Å². The zero-order chi connectivity index (χ0) is 12.4. The summed E-state index contributed by atoms with van der Waals surface area (Å²) in [6.45, 7) is 4.85. The molecule has 0 atom stereocenters. The molecule has 0 bridgehead atoms. The third-order valence-electron chi connectivity index (χ3n) is 2.89. The van der Waals surface area contributed by atoms with Crippen LogP contribution in [0.15, 0.2) is 28.7 Å². The summed E-state index contributed by atoms with van der Waals surface area (Å²) < 4.78 is 3.10. The molecular formula is C13H14BrClN2. The topological polar surface area (TPSA) is 17.8 Å². The van der Waals surface area contributed by atoms with E-state index >= 15 is 0 Å². The van der Waals surface area contributed by atoms with Crippen LogP contribution in [-0.4, -0.2) is 9.78 Å². The van der Waals surface area contributed by atoms with Crippen molar-refractivity contribution in [2.24, 2.45) is 0 Å². The van der Waals surface area contributed by atoms with E-state index in [4.69, 9.17) is 11.6 Å². The maximum atomic E-state index is 5.92. The van der Waals surface area contributed by atoms with Crippen LogP contribution in [0.5, 0.6) is 0 Å². The van der Waals surface area contributed by atoms with Gasteiger partial charge in [-0.2, -0.15) is 5.10 Å². The molecule has 1 heterocycles. The second-order valence-corrected chi connectivity index (χ2v) is 5.25. The standard InChI is InChI=1S/C13H14BrClN2/c1-9-13(7-15)10(2)17(16-9)8-11-4-3-5-12(14)6-11/h3-6H,7-8H2,1-2H3.